The van der Waals surface area contributed by atoms with Crippen molar-refractivity contribution in [3.63, 3.8) is 0 Å². The SMILES string of the molecule is CC(C)=CC(=O)OCC(=O)Nc1ccccc1[N+](=O)[O-]. The normalized spacial score (nSPS) is 9.50. The number of ether oxygens (including phenoxy) is 1. The first-order valence-electron chi connectivity index (χ1n) is 5.75. The van der Waals surface area contributed by atoms with E-state index in [-0.39, 0.29) is 11.4 Å². The number of esters is 1. The van der Waals surface area contributed by atoms with Gasteiger partial charge in [0.25, 0.3) is 11.6 Å². The number of rotatable bonds is 5. The Balaban J connectivity index is 2.62. The topological polar surface area (TPSA) is 98.5 Å². The number of nitro groups is 1. The zero-order valence-electron chi connectivity index (χ0n) is 11.1. The van der Waals surface area contributed by atoms with Gasteiger partial charge in [0.15, 0.2) is 6.61 Å². The van der Waals surface area contributed by atoms with Crippen LogP contribution < -0.4 is 5.32 Å². The molecule has 0 saturated carbocycles. The number of para-hydroxylation sites is 2. The fourth-order valence-electron chi connectivity index (χ4n) is 1.34. The first-order chi connectivity index (χ1) is 9.40. The van der Waals surface area contributed by atoms with Crippen LogP contribution in [0.2, 0.25) is 0 Å². The molecule has 0 spiro atoms. The molecule has 106 valence electrons. The maximum absolute atomic E-state index is 11.5. The lowest BCUT2D eigenvalue weighted by Crippen LogP contribution is -2.20. The van der Waals surface area contributed by atoms with Crippen LogP contribution in [0, 0.1) is 10.1 Å². The van der Waals surface area contributed by atoms with Crippen LogP contribution in [0.3, 0.4) is 0 Å². The fraction of sp³-hybridized carbons (Fsp3) is 0.231. The Morgan fingerprint density at radius 3 is 2.60 bits per heavy atom. The number of amides is 1. The average Bonchev–Trinajstić information content (AvgIpc) is 2.36. The third-order valence-corrected chi connectivity index (χ3v) is 2.13. The van der Waals surface area contributed by atoms with E-state index in [1.807, 2.05) is 0 Å². The number of hydrogen-bond acceptors (Lipinski definition) is 5. The van der Waals surface area contributed by atoms with Crippen LogP contribution in [0.25, 0.3) is 0 Å². The molecule has 1 rings (SSSR count). The van der Waals surface area contributed by atoms with E-state index in [9.17, 15) is 19.7 Å². The molecule has 0 aromatic heterocycles. The summed E-state index contributed by atoms with van der Waals surface area (Å²) in [5.74, 6) is -1.28. The van der Waals surface area contributed by atoms with Gasteiger partial charge in [0.1, 0.15) is 5.69 Å². The minimum absolute atomic E-state index is 0.0563. The van der Waals surface area contributed by atoms with Gasteiger partial charge in [0.05, 0.1) is 4.92 Å². The zero-order chi connectivity index (χ0) is 15.1. The first-order valence-corrected chi connectivity index (χ1v) is 5.75. The van der Waals surface area contributed by atoms with Crippen LogP contribution in [0.15, 0.2) is 35.9 Å². The Labute approximate surface area is 115 Å². The molecule has 0 unspecified atom stereocenters. The van der Waals surface area contributed by atoms with Crippen molar-refractivity contribution in [2.45, 2.75) is 13.8 Å². The van der Waals surface area contributed by atoms with Gasteiger partial charge in [-0.15, -0.1) is 0 Å². The van der Waals surface area contributed by atoms with Crippen LogP contribution >= 0.6 is 0 Å². The zero-order valence-corrected chi connectivity index (χ0v) is 11.1. The minimum Gasteiger partial charge on any atom is -0.452 e. The second-order valence-electron chi connectivity index (χ2n) is 4.15. The van der Waals surface area contributed by atoms with Gasteiger partial charge in [-0.25, -0.2) is 4.79 Å². The van der Waals surface area contributed by atoms with E-state index in [0.29, 0.717) is 0 Å². The highest BCUT2D eigenvalue weighted by Gasteiger charge is 2.15. The van der Waals surface area contributed by atoms with Gasteiger partial charge in [-0.3, -0.25) is 14.9 Å². The standard InChI is InChI=1S/C13H14N2O5/c1-9(2)7-13(17)20-8-12(16)14-10-5-3-4-6-11(10)15(18)19/h3-7H,8H2,1-2H3,(H,14,16). The molecule has 1 amide bonds. The molecule has 0 radical (unpaired) electrons. The highest BCUT2D eigenvalue weighted by Crippen LogP contribution is 2.22. The van der Waals surface area contributed by atoms with E-state index >= 15 is 0 Å². The van der Waals surface area contributed by atoms with E-state index in [1.54, 1.807) is 19.9 Å². The molecular formula is C13H14N2O5. The highest BCUT2D eigenvalue weighted by molar-refractivity contribution is 5.95. The van der Waals surface area contributed by atoms with Crippen molar-refractivity contribution in [3.05, 3.63) is 46.0 Å². The molecular weight excluding hydrogens is 264 g/mol. The van der Waals surface area contributed by atoms with Crippen LogP contribution in [-0.2, 0) is 14.3 Å². The highest BCUT2D eigenvalue weighted by atomic mass is 16.6. The van der Waals surface area contributed by atoms with E-state index in [4.69, 9.17) is 0 Å². The monoisotopic (exact) mass is 278 g/mol. The van der Waals surface area contributed by atoms with Gasteiger partial charge in [-0.2, -0.15) is 0 Å². The molecule has 7 heteroatoms. The summed E-state index contributed by atoms with van der Waals surface area (Å²) in [7, 11) is 0. The molecule has 1 aromatic rings. The molecule has 0 bridgehead atoms. The minimum atomic E-state index is -0.644. The molecule has 0 atom stereocenters. The number of carbonyl (C=O) groups is 2. The summed E-state index contributed by atoms with van der Waals surface area (Å²) in [6, 6.07) is 5.71. The number of anilines is 1. The lowest BCUT2D eigenvalue weighted by molar-refractivity contribution is -0.383. The summed E-state index contributed by atoms with van der Waals surface area (Å²) in [6.07, 6.45) is 1.25. The van der Waals surface area contributed by atoms with Crippen molar-refractivity contribution in [3.8, 4) is 0 Å². The molecule has 0 aliphatic rings. The second kappa shape index (κ2) is 7.03. The number of nitro benzene ring substituents is 1. The molecule has 0 heterocycles. The maximum Gasteiger partial charge on any atom is 0.331 e. The molecule has 0 aliphatic heterocycles. The summed E-state index contributed by atoms with van der Waals surface area (Å²) < 4.78 is 4.69. The summed E-state index contributed by atoms with van der Waals surface area (Å²) in [5, 5.41) is 13.1. The quantitative estimate of drug-likeness (QED) is 0.384. The molecule has 1 aromatic carbocycles. The van der Waals surface area contributed by atoms with Crippen molar-refractivity contribution in [2.75, 3.05) is 11.9 Å². The Kier molecular flexibility index (Phi) is 5.40. The van der Waals surface area contributed by atoms with Gasteiger partial charge in [0, 0.05) is 12.1 Å². The third-order valence-electron chi connectivity index (χ3n) is 2.13. The van der Waals surface area contributed by atoms with E-state index in [2.05, 4.69) is 10.1 Å². The van der Waals surface area contributed by atoms with Crippen molar-refractivity contribution in [1.29, 1.82) is 0 Å². The van der Waals surface area contributed by atoms with Crippen LogP contribution in [0.1, 0.15) is 13.8 Å². The van der Waals surface area contributed by atoms with E-state index in [1.165, 1.54) is 24.3 Å². The third kappa shape index (κ3) is 4.89. The van der Waals surface area contributed by atoms with Crippen LogP contribution in [-0.4, -0.2) is 23.4 Å². The number of allylic oxidation sites excluding steroid dienone is 1. The second-order valence-corrected chi connectivity index (χ2v) is 4.15. The van der Waals surface area contributed by atoms with Gasteiger partial charge in [-0.05, 0) is 19.9 Å². The summed E-state index contributed by atoms with van der Waals surface area (Å²) in [6.45, 7) is 2.93. The van der Waals surface area contributed by atoms with Gasteiger partial charge >= 0.3 is 5.97 Å². The Morgan fingerprint density at radius 2 is 2.00 bits per heavy atom. The Bertz CT molecular complexity index is 562. The lowest BCUT2D eigenvalue weighted by Gasteiger charge is -2.06. The summed E-state index contributed by atoms with van der Waals surface area (Å²) >= 11 is 0. The van der Waals surface area contributed by atoms with Crippen molar-refractivity contribution < 1.29 is 19.2 Å². The van der Waals surface area contributed by atoms with Crippen LogP contribution in [0.5, 0.6) is 0 Å². The number of benzene rings is 1. The summed E-state index contributed by atoms with van der Waals surface area (Å²) in [5.41, 5.74) is 0.575. The number of nitrogens with zero attached hydrogens (tertiary/aromatic N) is 1. The average molecular weight is 278 g/mol. The maximum atomic E-state index is 11.5. The lowest BCUT2D eigenvalue weighted by atomic mass is 10.2. The van der Waals surface area contributed by atoms with Gasteiger partial charge in [-0.1, -0.05) is 17.7 Å². The predicted octanol–water partition coefficient (Wildman–Crippen LogP) is 2.04. The van der Waals surface area contributed by atoms with Crippen molar-refractivity contribution in [2.24, 2.45) is 0 Å². The first kappa shape index (κ1) is 15.4. The summed E-state index contributed by atoms with van der Waals surface area (Å²) in [4.78, 5) is 32.9. The predicted molar refractivity (Wildman–Crippen MR) is 72.1 cm³/mol. The molecule has 0 fully saturated rings. The largest absolute Gasteiger partial charge is 0.452 e. The van der Waals surface area contributed by atoms with E-state index in [0.717, 1.165) is 5.57 Å². The van der Waals surface area contributed by atoms with E-state index < -0.39 is 23.4 Å². The Hall–Kier alpha value is -2.70. The Morgan fingerprint density at radius 1 is 1.35 bits per heavy atom. The number of nitrogens with one attached hydrogen (secondary N) is 1. The molecule has 0 aliphatic carbocycles. The number of carbonyl (C=O) groups excluding carboxylic acids is 2. The van der Waals surface area contributed by atoms with Gasteiger partial charge < -0.3 is 10.1 Å². The van der Waals surface area contributed by atoms with Crippen LogP contribution in [0.4, 0.5) is 11.4 Å². The molecule has 0 saturated heterocycles. The number of hydrogen-bond donors (Lipinski definition) is 1. The fourth-order valence-corrected chi connectivity index (χ4v) is 1.34. The van der Waals surface area contributed by atoms with Crippen molar-refractivity contribution in [1.82, 2.24) is 0 Å². The molecule has 1 N–H and O–H groups in total. The molecule has 20 heavy (non-hydrogen) atoms. The van der Waals surface area contributed by atoms with Crippen molar-refractivity contribution >= 4 is 23.3 Å². The smallest absolute Gasteiger partial charge is 0.331 e. The van der Waals surface area contributed by atoms with Gasteiger partial charge in [0.2, 0.25) is 0 Å². The molecule has 7 nitrogen and oxygen atoms in total.